The topological polar surface area (TPSA) is 57.6 Å². The lowest BCUT2D eigenvalue weighted by atomic mass is 10.0. The molecule has 0 aliphatic rings. The Hall–Kier alpha value is -1.91. The number of carbonyl (C=O) groups excluding carboxylic acids is 1. The van der Waals surface area contributed by atoms with Crippen molar-refractivity contribution in [2.24, 2.45) is 0 Å². The van der Waals surface area contributed by atoms with Crippen molar-refractivity contribution < 1.29 is 19.1 Å². The van der Waals surface area contributed by atoms with Crippen molar-refractivity contribution in [1.29, 1.82) is 0 Å². The predicted octanol–water partition coefficient (Wildman–Crippen LogP) is 3.09. The number of carbonyl (C=O) groups is 2. The molecule has 5 heteroatoms. The maximum atomic E-state index is 14.2. The van der Waals surface area contributed by atoms with Crippen molar-refractivity contribution in [3.63, 3.8) is 0 Å². The third-order valence-electron chi connectivity index (χ3n) is 3.13. The van der Waals surface area contributed by atoms with Crippen LogP contribution in [0.25, 0.3) is 0 Å². The number of aryl methyl sites for hydroxylation is 1. The summed E-state index contributed by atoms with van der Waals surface area (Å²) in [6.07, 6.45) is 0. The number of nitrogens with zero attached hydrogens (tertiary/aromatic N) is 1. The number of halogens is 1. The highest BCUT2D eigenvalue weighted by Gasteiger charge is 2.29. The molecule has 0 heterocycles. The Kier molecular flexibility index (Phi) is 4.87. The normalized spacial score (nSPS) is 11.0. The number of carboxylic acid groups (broad SMARTS) is 1. The number of hydrogen-bond acceptors (Lipinski definition) is 2. The molecule has 0 saturated heterocycles. The molecule has 4 nitrogen and oxygen atoms in total. The van der Waals surface area contributed by atoms with E-state index in [0.29, 0.717) is 0 Å². The largest absolute Gasteiger partial charge is 0.478 e. The van der Waals surface area contributed by atoms with E-state index >= 15 is 0 Å². The van der Waals surface area contributed by atoms with Gasteiger partial charge in [0, 0.05) is 12.1 Å². The van der Waals surface area contributed by atoms with Crippen molar-refractivity contribution in [1.82, 2.24) is 4.90 Å². The van der Waals surface area contributed by atoms with Gasteiger partial charge in [0.2, 0.25) is 0 Å². The van der Waals surface area contributed by atoms with E-state index in [0.717, 1.165) is 0 Å². The van der Waals surface area contributed by atoms with Gasteiger partial charge in [-0.25, -0.2) is 9.18 Å². The van der Waals surface area contributed by atoms with Crippen LogP contribution in [0.2, 0.25) is 0 Å². The molecule has 0 unspecified atom stereocenters. The van der Waals surface area contributed by atoms with Gasteiger partial charge in [-0.15, -0.1) is 0 Å². The van der Waals surface area contributed by atoms with E-state index in [1.807, 2.05) is 27.7 Å². The molecule has 0 spiro atoms. The Balaban J connectivity index is 3.48. The highest BCUT2D eigenvalue weighted by molar-refractivity contribution is 6.05. The third kappa shape index (κ3) is 2.98. The van der Waals surface area contributed by atoms with Gasteiger partial charge >= 0.3 is 5.97 Å². The SMILES string of the molecule is Cc1ccc(C(=O)O)c(C(=O)N(C(C)C)C(C)C)c1F. The van der Waals surface area contributed by atoms with Gasteiger partial charge in [0.1, 0.15) is 5.82 Å². The zero-order valence-corrected chi connectivity index (χ0v) is 12.4. The predicted molar refractivity (Wildman–Crippen MR) is 74.5 cm³/mol. The smallest absolute Gasteiger partial charge is 0.336 e. The Morgan fingerprint density at radius 1 is 1.15 bits per heavy atom. The second-order valence-electron chi connectivity index (χ2n) is 5.32. The van der Waals surface area contributed by atoms with E-state index in [4.69, 9.17) is 5.11 Å². The zero-order chi connectivity index (χ0) is 15.6. The van der Waals surface area contributed by atoms with Crippen LogP contribution in [0.4, 0.5) is 4.39 Å². The first-order valence-electron chi connectivity index (χ1n) is 6.53. The van der Waals surface area contributed by atoms with Crippen LogP contribution in [0.5, 0.6) is 0 Å². The molecular formula is C15H20FNO3. The molecule has 1 rings (SSSR count). The minimum Gasteiger partial charge on any atom is -0.478 e. The first-order valence-corrected chi connectivity index (χ1v) is 6.53. The van der Waals surface area contributed by atoms with E-state index in [-0.39, 0.29) is 28.8 Å². The highest BCUT2D eigenvalue weighted by Crippen LogP contribution is 2.22. The fourth-order valence-corrected chi connectivity index (χ4v) is 2.26. The molecule has 0 bridgehead atoms. The van der Waals surface area contributed by atoms with Gasteiger partial charge in [0.15, 0.2) is 0 Å². The standard InChI is InChI=1S/C15H20FNO3/c1-8(2)17(9(3)4)14(18)12-11(15(19)20)7-6-10(5)13(12)16/h6-9H,1-5H3,(H,19,20). The van der Waals surface area contributed by atoms with Crippen molar-refractivity contribution in [2.75, 3.05) is 0 Å². The van der Waals surface area contributed by atoms with Crippen molar-refractivity contribution in [3.05, 3.63) is 34.6 Å². The molecule has 0 atom stereocenters. The van der Waals surface area contributed by atoms with Gasteiger partial charge < -0.3 is 10.0 Å². The lowest BCUT2D eigenvalue weighted by Gasteiger charge is -2.31. The van der Waals surface area contributed by atoms with Crippen molar-refractivity contribution >= 4 is 11.9 Å². The summed E-state index contributed by atoms with van der Waals surface area (Å²) in [5.41, 5.74) is -0.407. The van der Waals surface area contributed by atoms with E-state index in [1.165, 1.54) is 24.0 Å². The first kappa shape index (κ1) is 16.1. The van der Waals surface area contributed by atoms with Crippen LogP contribution in [-0.2, 0) is 0 Å². The number of benzene rings is 1. The van der Waals surface area contributed by atoms with Crippen LogP contribution in [-0.4, -0.2) is 34.0 Å². The molecule has 1 aromatic carbocycles. The monoisotopic (exact) mass is 281 g/mol. The second kappa shape index (κ2) is 6.03. The number of amides is 1. The number of carboxylic acids is 1. The molecule has 0 radical (unpaired) electrons. The fourth-order valence-electron chi connectivity index (χ4n) is 2.26. The summed E-state index contributed by atoms with van der Waals surface area (Å²) >= 11 is 0. The number of hydrogen-bond donors (Lipinski definition) is 1. The van der Waals surface area contributed by atoms with E-state index in [1.54, 1.807) is 0 Å². The molecule has 0 aromatic heterocycles. The van der Waals surface area contributed by atoms with Crippen molar-refractivity contribution in [2.45, 2.75) is 46.7 Å². The molecule has 0 saturated carbocycles. The summed E-state index contributed by atoms with van der Waals surface area (Å²) in [5.74, 6) is -2.66. The molecule has 0 aliphatic heterocycles. The van der Waals surface area contributed by atoms with E-state index in [9.17, 15) is 14.0 Å². The summed E-state index contributed by atoms with van der Waals surface area (Å²) in [6.45, 7) is 8.75. The summed E-state index contributed by atoms with van der Waals surface area (Å²) in [6, 6.07) is 2.34. The van der Waals surface area contributed by atoms with Crippen LogP contribution < -0.4 is 0 Å². The second-order valence-corrected chi connectivity index (χ2v) is 5.32. The summed E-state index contributed by atoms with van der Waals surface area (Å²) in [4.78, 5) is 25.2. The average Bonchev–Trinajstić information content (AvgIpc) is 2.30. The van der Waals surface area contributed by atoms with Gasteiger partial charge in [0.25, 0.3) is 5.91 Å². The minimum atomic E-state index is -1.31. The quantitative estimate of drug-likeness (QED) is 0.922. The molecule has 20 heavy (non-hydrogen) atoms. The maximum Gasteiger partial charge on any atom is 0.336 e. The lowest BCUT2D eigenvalue weighted by Crippen LogP contribution is -2.43. The molecule has 1 N–H and O–H groups in total. The average molecular weight is 281 g/mol. The molecule has 1 aromatic rings. The van der Waals surface area contributed by atoms with Crippen molar-refractivity contribution in [3.8, 4) is 0 Å². The van der Waals surface area contributed by atoms with Crippen LogP contribution in [0, 0.1) is 12.7 Å². The Morgan fingerprint density at radius 3 is 2.05 bits per heavy atom. The van der Waals surface area contributed by atoms with Gasteiger partial charge in [-0.1, -0.05) is 6.07 Å². The van der Waals surface area contributed by atoms with Gasteiger partial charge in [-0.05, 0) is 46.2 Å². The van der Waals surface area contributed by atoms with Crippen LogP contribution in [0.15, 0.2) is 12.1 Å². The van der Waals surface area contributed by atoms with Crippen LogP contribution in [0.1, 0.15) is 54.0 Å². The molecular weight excluding hydrogens is 261 g/mol. The van der Waals surface area contributed by atoms with Gasteiger partial charge in [0.05, 0.1) is 11.1 Å². The van der Waals surface area contributed by atoms with E-state index in [2.05, 4.69) is 0 Å². The summed E-state index contributed by atoms with van der Waals surface area (Å²) in [7, 11) is 0. The number of aromatic carboxylic acids is 1. The van der Waals surface area contributed by atoms with E-state index < -0.39 is 17.7 Å². The fraction of sp³-hybridized carbons (Fsp3) is 0.467. The minimum absolute atomic E-state index is 0.149. The first-order chi connectivity index (χ1) is 9.18. The maximum absolute atomic E-state index is 14.2. The zero-order valence-electron chi connectivity index (χ0n) is 12.4. The Labute approximate surface area is 118 Å². The van der Waals surface area contributed by atoms with Gasteiger partial charge in [-0.2, -0.15) is 0 Å². The van der Waals surface area contributed by atoms with Crippen LogP contribution >= 0.6 is 0 Å². The molecule has 0 fully saturated rings. The Morgan fingerprint density at radius 2 is 1.65 bits per heavy atom. The van der Waals surface area contributed by atoms with Crippen LogP contribution in [0.3, 0.4) is 0 Å². The lowest BCUT2D eigenvalue weighted by molar-refractivity contribution is 0.0613. The Bertz CT molecular complexity index is 530. The van der Waals surface area contributed by atoms with Gasteiger partial charge in [-0.3, -0.25) is 4.79 Å². The summed E-state index contributed by atoms with van der Waals surface area (Å²) in [5, 5.41) is 9.15. The molecule has 1 amide bonds. The highest BCUT2D eigenvalue weighted by atomic mass is 19.1. The number of rotatable bonds is 4. The molecule has 110 valence electrons. The summed E-state index contributed by atoms with van der Waals surface area (Å²) < 4.78 is 14.2. The molecule has 0 aliphatic carbocycles. The third-order valence-corrected chi connectivity index (χ3v) is 3.13.